The maximum Gasteiger partial charge on any atom is 0.270 e. The van der Waals surface area contributed by atoms with Gasteiger partial charge in [-0.2, -0.15) is 0 Å². The molecule has 1 aliphatic heterocycles. The van der Waals surface area contributed by atoms with Crippen molar-refractivity contribution < 1.29 is 21.4 Å². The first-order valence-electron chi connectivity index (χ1n) is 9.84. The molecule has 138 valence electrons. The lowest BCUT2D eigenvalue weighted by Gasteiger charge is -2.21. The van der Waals surface area contributed by atoms with Gasteiger partial charge in [-0.15, -0.1) is 0 Å². The van der Waals surface area contributed by atoms with Crippen molar-refractivity contribution in [3.63, 3.8) is 0 Å². The minimum atomic E-state index is -3.22. The Hall–Kier alpha value is -1.89. The van der Waals surface area contributed by atoms with Gasteiger partial charge in [0.2, 0.25) is 5.88 Å². The lowest BCUT2D eigenvalue weighted by molar-refractivity contribution is 0.0444. The molecule has 0 aromatic carbocycles. The lowest BCUT2D eigenvalue weighted by atomic mass is 10.2. The van der Waals surface area contributed by atoms with E-state index in [0.717, 1.165) is 31.6 Å². The molecule has 3 rings (SSSR count). The summed E-state index contributed by atoms with van der Waals surface area (Å²) in [4.78, 5) is 19.1. The average Bonchev–Trinajstić information content (AvgIpc) is 3.29. The van der Waals surface area contributed by atoms with E-state index in [-0.39, 0.29) is 12.3 Å². The van der Waals surface area contributed by atoms with Gasteiger partial charge < -0.3 is 19.7 Å². The van der Waals surface area contributed by atoms with E-state index in [1.54, 1.807) is 13.0 Å². The molecule has 25 heavy (non-hydrogen) atoms. The largest absolute Gasteiger partial charge is 0.476 e. The predicted molar refractivity (Wildman–Crippen MR) is 92.8 cm³/mol. The predicted octanol–water partition coefficient (Wildman–Crippen LogP) is 2.53. The molecule has 1 amide bonds. The van der Waals surface area contributed by atoms with Crippen LogP contribution in [-0.2, 0) is 4.74 Å². The van der Waals surface area contributed by atoms with Gasteiger partial charge in [-0.1, -0.05) is 0 Å². The van der Waals surface area contributed by atoms with E-state index in [2.05, 4.69) is 19.9 Å². The third-order valence-corrected chi connectivity index (χ3v) is 4.44. The normalized spacial score (nSPS) is 20.0. The number of aromatic nitrogens is 1. The smallest absolute Gasteiger partial charge is 0.270 e. The fourth-order valence-electron chi connectivity index (χ4n) is 2.84. The molecular formula is C18H26FN3O3. The van der Waals surface area contributed by atoms with Crippen LogP contribution in [0, 0.1) is 5.92 Å². The van der Waals surface area contributed by atoms with E-state index < -0.39 is 18.8 Å². The number of carbonyl (C=O) groups is 1. The highest BCUT2D eigenvalue weighted by molar-refractivity contribution is 5.93. The number of pyridine rings is 1. The van der Waals surface area contributed by atoms with Crippen molar-refractivity contribution in [2.45, 2.75) is 38.6 Å². The van der Waals surface area contributed by atoms with Crippen LogP contribution in [0.2, 0.25) is 0 Å². The van der Waals surface area contributed by atoms with Crippen LogP contribution in [-0.4, -0.2) is 50.0 Å². The molecule has 1 saturated carbocycles. The second kappa shape index (κ2) is 8.47. The zero-order valence-corrected chi connectivity index (χ0v) is 14.5. The van der Waals surface area contributed by atoms with E-state index in [9.17, 15) is 9.18 Å². The summed E-state index contributed by atoms with van der Waals surface area (Å²) in [6.07, 6.45) is 4.59. The van der Waals surface area contributed by atoms with E-state index in [1.165, 1.54) is 12.8 Å². The van der Waals surface area contributed by atoms with Gasteiger partial charge in [-0.25, -0.2) is 9.37 Å². The molecule has 1 aromatic rings. The van der Waals surface area contributed by atoms with Crippen LogP contribution in [0.15, 0.2) is 12.1 Å². The third kappa shape index (κ3) is 5.04. The number of rotatable bonds is 9. The third-order valence-electron chi connectivity index (χ3n) is 4.44. The van der Waals surface area contributed by atoms with Gasteiger partial charge in [0, 0.05) is 19.1 Å². The SMILES string of the molecule is [2H]C([2H])(F)OCC(C)NC(=O)c1ccc(N2CCCC2)c(OCC2CC2)n1. The summed E-state index contributed by atoms with van der Waals surface area (Å²) in [7, 11) is 0. The van der Waals surface area contributed by atoms with Crippen LogP contribution in [0.5, 0.6) is 5.88 Å². The number of nitrogens with one attached hydrogen (secondary N) is 1. The number of hydrogen-bond donors (Lipinski definition) is 1. The summed E-state index contributed by atoms with van der Waals surface area (Å²) in [5.41, 5.74) is 1.12. The fraction of sp³-hybridized carbons (Fsp3) is 0.667. The molecule has 2 heterocycles. The minimum absolute atomic E-state index is 0.207. The van der Waals surface area contributed by atoms with Gasteiger partial charge in [0.25, 0.3) is 5.91 Å². The first-order valence-corrected chi connectivity index (χ1v) is 8.84. The van der Waals surface area contributed by atoms with Crippen LogP contribution >= 0.6 is 0 Å². The van der Waals surface area contributed by atoms with E-state index in [0.29, 0.717) is 18.4 Å². The Morgan fingerprint density at radius 2 is 2.24 bits per heavy atom. The Bertz CT molecular complexity index is 662. The summed E-state index contributed by atoms with van der Waals surface area (Å²) in [6.45, 7) is 0.602. The molecule has 1 N–H and O–H groups in total. The molecule has 2 aliphatic rings. The highest BCUT2D eigenvalue weighted by atomic mass is 19.1. The monoisotopic (exact) mass is 353 g/mol. The summed E-state index contributed by atoms with van der Waals surface area (Å²) in [5, 5.41) is 2.63. The van der Waals surface area contributed by atoms with Gasteiger partial charge in [0.1, 0.15) is 5.69 Å². The number of alkyl halides is 1. The zero-order chi connectivity index (χ0) is 19.4. The Morgan fingerprint density at radius 1 is 1.48 bits per heavy atom. The van der Waals surface area contributed by atoms with Gasteiger partial charge in [0.15, 0.2) is 6.81 Å². The van der Waals surface area contributed by atoms with Crippen molar-refractivity contribution in [3.05, 3.63) is 17.8 Å². The molecule has 7 heteroatoms. The number of anilines is 1. The van der Waals surface area contributed by atoms with Crippen LogP contribution in [0.25, 0.3) is 0 Å². The second-order valence-electron chi connectivity index (χ2n) is 6.73. The molecule has 1 aromatic heterocycles. The molecular weight excluding hydrogens is 325 g/mol. The topological polar surface area (TPSA) is 63.7 Å². The van der Waals surface area contributed by atoms with E-state index in [1.807, 2.05) is 6.07 Å². The van der Waals surface area contributed by atoms with Crippen molar-refractivity contribution in [2.75, 3.05) is 38.0 Å². The van der Waals surface area contributed by atoms with Crippen molar-refractivity contribution in [1.82, 2.24) is 10.3 Å². The number of carbonyl (C=O) groups excluding carboxylic acids is 1. The Balaban J connectivity index is 1.66. The Kier molecular flexibility index (Phi) is 5.21. The quantitative estimate of drug-likeness (QED) is 0.739. The molecule has 1 atom stereocenters. The number of amides is 1. The number of hydrogen-bond acceptors (Lipinski definition) is 5. The zero-order valence-electron chi connectivity index (χ0n) is 16.5. The lowest BCUT2D eigenvalue weighted by Crippen LogP contribution is -2.36. The van der Waals surface area contributed by atoms with Crippen molar-refractivity contribution >= 4 is 11.6 Å². The van der Waals surface area contributed by atoms with E-state index >= 15 is 0 Å². The standard InChI is InChI=1S/C18H26FN3O3/c1-13(10-24-12-19)20-17(23)15-6-7-16(22-8-2-3-9-22)18(21-15)25-11-14-4-5-14/h6-7,13-14H,2-5,8-12H2,1H3,(H,20,23)/i12D2. The molecule has 1 saturated heterocycles. The highest BCUT2D eigenvalue weighted by Crippen LogP contribution is 2.33. The van der Waals surface area contributed by atoms with Gasteiger partial charge >= 0.3 is 0 Å². The summed E-state index contributed by atoms with van der Waals surface area (Å²) in [6, 6.07) is 2.94. The molecule has 1 aliphatic carbocycles. The maximum atomic E-state index is 12.8. The number of nitrogens with zero attached hydrogens (tertiary/aromatic N) is 2. The van der Waals surface area contributed by atoms with Crippen LogP contribution in [0.3, 0.4) is 0 Å². The molecule has 0 spiro atoms. The Labute approximate surface area is 150 Å². The molecule has 2 fully saturated rings. The van der Waals surface area contributed by atoms with Crippen LogP contribution < -0.4 is 15.0 Å². The minimum Gasteiger partial charge on any atom is -0.476 e. The molecule has 0 radical (unpaired) electrons. The summed E-state index contributed by atoms with van der Waals surface area (Å²) in [5.74, 6) is 0.610. The van der Waals surface area contributed by atoms with Crippen LogP contribution in [0.4, 0.5) is 10.1 Å². The highest BCUT2D eigenvalue weighted by Gasteiger charge is 2.25. The molecule has 1 unspecified atom stereocenters. The fourth-order valence-corrected chi connectivity index (χ4v) is 2.84. The van der Waals surface area contributed by atoms with Gasteiger partial charge in [0.05, 0.1) is 21.6 Å². The molecule has 6 nitrogen and oxygen atoms in total. The van der Waals surface area contributed by atoms with Crippen molar-refractivity contribution in [3.8, 4) is 5.88 Å². The maximum absolute atomic E-state index is 12.8. The van der Waals surface area contributed by atoms with Crippen LogP contribution in [0.1, 0.15) is 45.8 Å². The summed E-state index contributed by atoms with van der Waals surface area (Å²) < 4.78 is 36.5. The Morgan fingerprint density at radius 3 is 2.92 bits per heavy atom. The van der Waals surface area contributed by atoms with Crippen molar-refractivity contribution in [1.29, 1.82) is 0 Å². The molecule has 0 bridgehead atoms. The summed E-state index contributed by atoms with van der Waals surface area (Å²) >= 11 is 0. The van der Waals surface area contributed by atoms with Gasteiger partial charge in [-0.3, -0.25) is 4.79 Å². The first kappa shape index (κ1) is 15.4. The van der Waals surface area contributed by atoms with E-state index in [4.69, 9.17) is 7.48 Å². The first-order chi connectivity index (χ1) is 12.8. The second-order valence-corrected chi connectivity index (χ2v) is 6.73. The van der Waals surface area contributed by atoms with Crippen molar-refractivity contribution in [2.24, 2.45) is 5.92 Å². The average molecular weight is 353 g/mol. The number of halogens is 1. The number of ether oxygens (including phenoxy) is 2. The van der Waals surface area contributed by atoms with Gasteiger partial charge in [-0.05, 0) is 50.7 Å².